The third kappa shape index (κ3) is 7.41. The van der Waals surface area contributed by atoms with E-state index in [-0.39, 0.29) is 0 Å². The molecule has 1 aromatic rings. The minimum atomic E-state index is 0.704. The van der Waals surface area contributed by atoms with Gasteiger partial charge in [-0.1, -0.05) is 67.6 Å². The Hall–Kier alpha value is -0.380. The minimum absolute atomic E-state index is 0.704. The van der Waals surface area contributed by atoms with Gasteiger partial charge in [-0.25, -0.2) is 0 Å². The third-order valence-corrected chi connectivity index (χ3v) is 4.08. The standard InChI is InChI=1S/C17H28BrNO/c1-3-5-6-7-8-11-20-14-16-10-9-15(12-17(16)18)13-19-4-2/h9-10,12,19H,3-8,11,13-14H2,1-2H3. The fraction of sp³-hybridized carbons (Fsp3) is 0.647. The van der Waals surface area contributed by atoms with E-state index in [9.17, 15) is 0 Å². The molecule has 0 bridgehead atoms. The maximum atomic E-state index is 5.76. The Balaban J connectivity index is 2.23. The fourth-order valence-corrected chi connectivity index (χ4v) is 2.62. The molecule has 0 saturated heterocycles. The van der Waals surface area contributed by atoms with Crippen LogP contribution in [0.25, 0.3) is 0 Å². The van der Waals surface area contributed by atoms with Gasteiger partial charge in [0.25, 0.3) is 0 Å². The third-order valence-electron chi connectivity index (χ3n) is 3.35. The van der Waals surface area contributed by atoms with Gasteiger partial charge in [0, 0.05) is 17.6 Å². The molecule has 1 aromatic carbocycles. The number of benzene rings is 1. The molecular formula is C17H28BrNO. The summed E-state index contributed by atoms with van der Waals surface area (Å²) < 4.78 is 6.91. The molecule has 114 valence electrons. The van der Waals surface area contributed by atoms with E-state index >= 15 is 0 Å². The van der Waals surface area contributed by atoms with E-state index in [0.29, 0.717) is 6.61 Å². The molecule has 0 amide bonds. The van der Waals surface area contributed by atoms with Crippen molar-refractivity contribution in [2.45, 2.75) is 59.1 Å². The maximum absolute atomic E-state index is 5.76. The SMILES string of the molecule is CCCCCCCOCc1ccc(CNCC)cc1Br. The van der Waals surface area contributed by atoms with Gasteiger partial charge in [0.15, 0.2) is 0 Å². The molecule has 1 rings (SSSR count). The molecule has 1 N–H and O–H groups in total. The Labute approximate surface area is 132 Å². The van der Waals surface area contributed by atoms with Crippen molar-refractivity contribution >= 4 is 15.9 Å². The van der Waals surface area contributed by atoms with E-state index in [1.807, 2.05) is 0 Å². The summed E-state index contributed by atoms with van der Waals surface area (Å²) in [5, 5.41) is 3.34. The molecule has 0 spiro atoms. The Bertz CT molecular complexity index is 368. The topological polar surface area (TPSA) is 21.3 Å². The van der Waals surface area contributed by atoms with E-state index in [1.165, 1.54) is 43.2 Å². The van der Waals surface area contributed by atoms with Crippen molar-refractivity contribution in [3.8, 4) is 0 Å². The summed E-state index contributed by atoms with van der Waals surface area (Å²) in [7, 11) is 0. The minimum Gasteiger partial charge on any atom is -0.377 e. The first-order valence-corrected chi connectivity index (χ1v) is 8.63. The van der Waals surface area contributed by atoms with Gasteiger partial charge in [0.1, 0.15) is 0 Å². The Kier molecular flexibility index (Phi) is 9.98. The second kappa shape index (κ2) is 11.3. The van der Waals surface area contributed by atoms with Gasteiger partial charge in [-0.05, 0) is 30.2 Å². The Morgan fingerprint density at radius 1 is 1.10 bits per heavy atom. The summed E-state index contributed by atoms with van der Waals surface area (Å²) in [6.07, 6.45) is 6.45. The molecule has 0 unspecified atom stereocenters. The molecule has 2 nitrogen and oxygen atoms in total. The average molecular weight is 342 g/mol. The summed E-state index contributed by atoms with van der Waals surface area (Å²) in [5.41, 5.74) is 2.54. The van der Waals surface area contributed by atoms with Gasteiger partial charge in [0.2, 0.25) is 0 Å². The lowest BCUT2D eigenvalue weighted by atomic mass is 10.1. The van der Waals surface area contributed by atoms with E-state index in [1.54, 1.807) is 0 Å². The number of hydrogen-bond donors (Lipinski definition) is 1. The highest BCUT2D eigenvalue weighted by atomic mass is 79.9. The first-order valence-electron chi connectivity index (χ1n) is 7.83. The quantitative estimate of drug-likeness (QED) is 0.569. The molecule has 0 aliphatic heterocycles. The van der Waals surface area contributed by atoms with Crippen LogP contribution in [-0.4, -0.2) is 13.2 Å². The largest absolute Gasteiger partial charge is 0.377 e. The van der Waals surface area contributed by atoms with E-state index in [2.05, 4.69) is 53.3 Å². The highest BCUT2D eigenvalue weighted by Gasteiger charge is 2.02. The maximum Gasteiger partial charge on any atom is 0.0727 e. The lowest BCUT2D eigenvalue weighted by molar-refractivity contribution is 0.116. The van der Waals surface area contributed by atoms with Crippen LogP contribution in [0.1, 0.15) is 57.1 Å². The van der Waals surface area contributed by atoms with Crippen LogP contribution in [0, 0.1) is 0 Å². The Morgan fingerprint density at radius 3 is 2.60 bits per heavy atom. The van der Waals surface area contributed by atoms with Crippen molar-refractivity contribution in [1.29, 1.82) is 0 Å². The summed E-state index contributed by atoms with van der Waals surface area (Å²) in [6.45, 7) is 7.87. The molecule has 0 aliphatic carbocycles. The molecule has 0 saturated carbocycles. The zero-order valence-corrected chi connectivity index (χ0v) is 14.5. The molecule has 0 aromatic heterocycles. The highest BCUT2D eigenvalue weighted by molar-refractivity contribution is 9.10. The molecule has 0 heterocycles. The summed E-state index contributed by atoms with van der Waals surface area (Å²) in [4.78, 5) is 0. The van der Waals surface area contributed by atoms with Gasteiger partial charge in [-0.3, -0.25) is 0 Å². The van der Waals surface area contributed by atoms with Gasteiger partial charge >= 0.3 is 0 Å². The van der Waals surface area contributed by atoms with Crippen molar-refractivity contribution in [3.05, 3.63) is 33.8 Å². The molecule has 0 atom stereocenters. The van der Waals surface area contributed by atoms with E-state index < -0.39 is 0 Å². The van der Waals surface area contributed by atoms with Crippen molar-refractivity contribution < 1.29 is 4.74 Å². The van der Waals surface area contributed by atoms with Gasteiger partial charge in [-0.15, -0.1) is 0 Å². The second-order valence-electron chi connectivity index (χ2n) is 5.17. The van der Waals surface area contributed by atoms with Gasteiger partial charge in [-0.2, -0.15) is 0 Å². The first-order chi connectivity index (χ1) is 9.77. The van der Waals surface area contributed by atoms with Crippen molar-refractivity contribution in [1.82, 2.24) is 5.32 Å². The zero-order chi connectivity index (χ0) is 14.6. The number of unbranched alkanes of at least 4 members (excludes halogenated alkanes) is 4. The van der Waals surface area contributed by atoms with Crippen LogP contribution >= 0.6 is 15.9 Å². The van der Waals surface area contributed by atoms with Crippen molar-refractivity contribution in [2.75, 3.05) is 13.2 Å². The number of halogens is 1. The molecule has 0 radical (unpaired) electrons. The summed E-state index contributed by atoms with van der Waals surface area (Å²) >= 11 is 3.63. The van der Waals surface area contributed by atoms with Crippen LogP contribution in [0.2, 0.25) is 0 Å². The van der Waals surface area contributed by atoms with Crippen LogP contribution in [0.3, 0.4) is 0 Å². The lowest BCUT2D eigenvalue weighted by Gasteiger charge is -2.09. The zero-order valence-electron chi connectivity index (χ0n) is 12.9. The van der Waals surface area contributed by atoms with Gasteiger partial charge in [0.05, 0.1) is 6.61 Å². The molecular weight excluding hydrogens is 314 g/mol. The van der Waals surface area contributed by atoms with Crippen LogP contribution < -0.4 is 5.32 Å². The fourth-order valence-electron chi connectivity index (χ4n) is 2.08. The number of ether oxygens (including phenoxy) is 1. The Morgan fingerprint density at radius 2 is 1.90 bits per heavy atom. The molecule has 0 fully saturated rings. The summed E-state index contributed by atoms with van der Waals surface area (Å²) in [6, 6.07) is 6.52. The van der Waals surface area contributed by atoms with Crippen LogP contribution in [0.5, 0.6) is 0 Å². The average Bonchev–Trinajstić information content (AvgIpc) is 2.46. The second-order valence-corrected chi connectivity index (χ2v) is 6.03. The molecule has 3 heteroatoms. The summed E-state index contributed by atoms with van der Waals surface area (Å²) in [5.74, 6) is 0. The lowest BCUT2D eigenvalue weighted by Crippen LogP contribution is -2.11. The van der Waals surface area contributed by atoms with Crippen LogP contribution in [0.15, 0.2) is 22.7 Å². The first kappa shape index (κ1) is 17.7. The van der Waals surface area contributed by atoms with E-state index in [4.69, 9.17) is 4.74 Å². The van der Waals surface area contributed by atoms with E-state index in [0.717, 1.165) is 24.2 Å². The van der Waals surface area contributed by atoms with Crippen molar-refractivity contribution in [3.63, 3.8) is 0 Å². The van der Waals surface area contributed by atoms with Crippen molar-refractivity contribution in [2.24, 2.45) is 0 Å². The smallest absolute Gasteiger partial charge is 0.0727 e. The van der Waals surface area contributed by atoms with Gasteiger partial charge < -0.3 is 10.1 Å². The normalized spacial score (nSPS) is 10.9. The number of rotatable bonds is 11. The highest BCUT2D eigenvalue weighted by Crippen LogP contribution is 2.19. The number of hydrogen-bond acceptors (Lipinski definition) is 2. The van der Waals surface area contributed by atoms with Crippen LogP contribution in [0.4, 0.5) is 0 Å². The predicted molar refractivity (Wildman–Crippen MR) is 89.9 cm³/mol. The molecule has 0 aliphatic rings. The van der Waals surface area contributed by atoms with Crippen LogP contribution in [-0.2, 0) is 17.9 Å². The monoisotopic (exact) mass is 341 g/mol. The number of nitrogens with one attached hydrogen (secondary N) is 1. The predicted octanol–water partition coefficient (Wildman–Crippen LogP) is 5.05. The molecule has 20 heavy (non-hydrogen) atoms.